The van der Waals surface area contributed by atoms with E-state index in [0.717, 1.165) is 34.6 Å². The molecule has 0 bridgehead atoms. The van der Waals surface area contributed by atoms with Crippen LogP contribution in [-0.2, 0) is 22.7 Å². The minimum absolute atomic E-state index is 0.161. The smallest absolute Gasteiger partial charge is 0.267 e. The molecule has 0 spiro atoms. The second-order valence-corrected chi connectivity index (χ2v) is 6.14. The maximum absolute atomic E-state index is 12.0. The molecule has 2 aromatic carbocycles. The van der Waals surface area contributed by atoms with Gasteiger partial charge < -0.3 is 9.47 Å². The highest BCUT2D eigenvalue weighted by molar-refractivity contribution is 5.91. The number of hydroxylamine groups is 1. The van der Waals surface area contributed by atoms with Crippen LogP contribution in [0.3, 0.4) is 0 Å². The predicted molar refractivity (Wildman–Crippen MR) is 99.8 cm³/mol. The zero-order valence-electron chi connectivity index (χ0n) is 15.0. The number of ether oxygens (including phenoxy) is 2. The molecular weight excluding hydrogens is 330 g/mol. The molecule has 0 fully saturated rings. The van der Waals surface area contributed by atoms with Crippen LogP contribution in [0.25, 0.3) is 6.08 Å². The molecule has 1 aliphatic heterocycles. The molecule has 1 heterocycles. The summed E-state index contributed by atoms with van der Waals surface area (Å²) < 4.78 is 11.5. The first-order valence-corrected chi connectivity index (χ1v) is 8.76. The standard InChI is InChI=1S/C21H23NO4/c1-3-24-19-13-18-11-15(2)26-20(18)12-17(19)9-10-21(23)22-25-14-16-7-5-4-6-8-16/h4-10,12-13,15H,3,11,14H2,1-2H3,(H,22,23)/b10-9+. The van der Waals surface area contributed by atoms with Crippen molar-refractivity contribution in [2.24, 2.45) is 0 Å². The third-order valence-corrected chi connectivity index (χ3v) is 4.00. The van der Waals surface area contributed by atoms with E-state index in [1.165, 1.54) is 6.08 Å². The van der Waals surface area contributed by atoms with Gasteiger partial charge in [-0.15, -0.1) is 0 Å². The van der Waals surface area contributed by atoms with E-state index in [-0.39, 0.29) is 12.0 Å². The van der Waals surface area contributed by atoms with Gasteiger partial charge in [0.15, 0.2) is 0 Å². The second kappa shape index (κ2) is 8.54. The van der Waals surface area contributed by atoms with Crippen LogP contribution >= 0.6 is 0 Å². The quantitative estimate of drug-likeness (QED) is 0.609. The van der Waals surface area contributed by atoms with Crippen LogP contribution in [0.5, 0.6) is 11.5 Å². The second-order valence-electron chi connectivity index (χ2n) is 6.14. The van der Waals surface area contributed by atoms with E-state index in [9.17, 15) is 4.79 Å². The lowest BCUT2D eigenvalue weighted by molar-refractivity contribution is -0.129. The van der Waals surface area contributed by atoms with Gasteiger partial charge in [-0.05, 0) is 37.6 Å². The van der Waals surface area contributed by atoms with Crippen molar-refractivity contribution < 1.29 is 19.1 Å². The number of hydrogen-bond acceptors (Lipinski definition) is 4. The van der Waals surface area contributed by atoms with Gasteiger partial charge in [0.2, 0.25) is 0 Å². The van der Waals surface area contributed by atoms with Gasteiger partial charge in [0.25, 0.3) is 5.91 Å². The van der Waals surface area contributed by atoms with Crippen LogP contribution in [0, 0.1) is 0 Å². The molecule has 5 nitrogen and oxygen atoms in total. The summed E-state index contributed by atoms with van der Waals surface area (Å²) in [6.07, 6.45) is 4.16. The zero-order valence-corrected chi connectivity index (χ0v) is 15.0. The van der Waals surface area contributed by atoms with E-state index in [1.807, 2.05) is 56.3 Å². The molecule has 5 heteroatoms. The maximum atomic E-state index is 12.0. The Morgan fingerprint density at radius 1 is 1.31 bits per heavy atom. The van der Waals surface area contributed by atoms with Gasteiger partial charge >= 0.3 is 0 Å². The summed E-state index contributed by atoms with van der Waals surface area (Å²) in [5, 5.41) is 0. The van der Waals surface area contributed by atoms with Crippen molar-refractivity contribution in [3.8, 4) is 11.5 Å². The summed E-state index contributed by atoms with van der Waals surface area (Å²) in [6.45, 7) is 4.84. The molecule has 0 aromatic heterocycles. The summed E-state index contributed by atoms with van der Waals surface area (Å²) in [7, 11) is 0. The van der Waals surface area contributed by atoms with Crippen LogP contribution in [0.15, 0.2) is 48.5 Å². The zero-order chi connectivity index (χ0) is 18.4. The summed E-state index contributed by atoms with van der Waals surface area (Å²) in [5.74, 6) is 1.26. The van der Waals surface area contributed by atoms with Crippen LogP contribution in [-0.4, -0.2) is 18.6 Å². The van der Waals surface area contributed by atoms with Crippen molar-refractivity contribution in [1.29, 1.82) is 0 Å². The van der Waals surface area contributed by atoms with Crippen molar-refractivity contribution in [2.75, 3.05) is 6.61 Å². The van der Waals surface area contributed by atoms with Gasteiger partial charge in [0.1, 0.15) is 17.6 Å². The predicted octanol–water partition coefficient (Wildman–Crippen LogP) is 3.67. The third-order valence-electron chi connectivity index (χ3n) is 4.00. The Hall–Kier alpha value is -2.79. The summed E-state index contributed by atoms with van der Waals surface area (Å²) >= 11 is 0. The van der Waals surface area contributed by atoms with E-state index in [2.05, 4.69) is 5.48 Å². The topological polar surface area (TPSA) is 56.8 Å². The van der Waals surface area contributed by atoms with Gasteiger partial charge in [-0.25, -0.2) is 5.48 Å². The first kappa shape index (κ1) is 18.0. The number of carbonyl (C=O) groups is 1. The highest BCUT2D eigenvalue weighted by atomic mass is 16.6. The normalized spacial score (nSPS) is 15.5. The fourth-order valence-corrected chi connectivity index (χ4v) is 2.83. The first-order valence-electron chi connectivity index (χ1n) is 8.76. The Morgan fingerprint density at radius 2 is 2.12 bits per heavy atom. The lowest BCUT2D eigenvalue weighted by Gasteiger charge is -2.10. The lowest BCUT2D eigenvalue weighted by Crippen LogP contribution is -2.21. The van der Waals surface area contributed by atoms with Crippen molar-refractivity contribution in [1.82, 2.24) is 5.48 Å². The van der Waals surface area contributed by atoms with E-state index in [0.29, 0.717) is 13.2 Å². The molecule has 1 amide bonds. The number of benzene rings is 2. The van der Waals surface area contributed by atoms with Gasteiger partial charge in [0, 0.05) is 23.6 Å². The molecule has 2 aromatic rings. The molecule has 3 rings (SSSR count). The fraction of sp³-hybridized carbons (Fsp3) is 0.286. The van der Waals surface area contributed by atoms with Gasteiger partial charge in [-0.1, -0.05) is 30.3 Å². The summed E-state index contributed by atoms with van der Waals surface area (Å²) in [5.41, 5.74) is 5.34. The van der Waals surface area contributed by atoms with Crippen LogP contribution in [0.4, 0.5) is 0 Å². The summed E-state index contributed by atoms with van der Waals surface area (Å²) in [4.78, 5) is 17.2. The van der Waals surface area contributed by atoms with E-state index in [4.69, 9.17) is 14.3 Å². The van der Waals surface area contributed by atoms with Gasteiger partial charge in [0.05, 0.1) is 13.2 Å². The molecule has 0 radical (unpaired) electrons. The van der Waals surface area contributed by atoms with Gasteiger partial charge in [-0.3, -0.25) is 9.63 Å². The number of fused-ring (bicyclic) bond motifs is 1. The molecule has 1 atom stereocenters. The van der Waals surface area contributed by atoms with Crippen molar-refractivity contribution in [3.05, 3.63) is 65.2 Å². The Labute approximate surface area is 153 Å². The first-order chi connectivity index (χ1) is 12.7. The largest absolute Gasteiger partial charge is 0.493 e. The monoisotopic (exact) mass is 353 g/mol. The molecule has 136 valence electrons. The number of rotatable bonds is 7. The molecule has 1 unspecified atom stereocenters. The lowest BCUT2D eigenvalue weighted by atomic mass is 10.1. The molecule has 0 saturated carbocycles. The van der Waals surface area contributed by atoms with E-state index in [1.54, 1.807) is 6.08 Å². The van der Waals surface area contributed by atoms with E-state index < -0.39 is 0 Å². The molecular formula is C21H23NO4. The highest BCUT2D eigenvalue weighted by Crippen LogP contribution is 2.35. The van der Waals surface area contributed by atoms with Crippen LogP contribution in [0.2, 0.25) is 0 Å². The Balaban J connectivity index is 1.61. The van der Waals surface area contributed by atoms with E-state index >= 15 is 0 Å². The van der Waals surface area contributed by atoms with Crippen molar-refractivity contribution in [3.63, 3.8) is 0 Å². The Bertz CT molecular complexity index is 786. The maximum Gasteiger partial charge on any atom is 0.267 e. The number of amides is 1. The fourth-order valence-electron chi connectivity index (χ4n) is 2.83. The van der Waals surface area contributed by atoms with Crippen LogP contribution in [0.1, 0.15) is 30.5 Å². The highest BCUT2D eigenvalue weighted by Gasteiger charge is 2.21. The number of nitrogens with one attached hydrogen (secondary N) is 1. The van der Waals surface area contributed by atoms with Crippen molar-refractivity contribution >= 4 is 12.0 Å². The summed E-state index contributed by atoms with van der Waals surface area (Å²) in [6, 6.07) is 13.6. The molecule has 0 aliphatic carbocycles. The molecule has 26 heavy (non-hydrogen) atoms. The average molecular weight is 353 g/mol. The average Bonchev–Trinajstić information content (AvgIpc) is 3.00. The minimum Gasteiger partial charge on any atom is -0.493 e. The van der Waals surface area contributed by atoms with Gasteiger partial charge in [-0.2, -0.15) is 0 Å². The SMILES string of the molecule is CCOc1cc2c(cc1/C=C/C(=O)NOCc1ccccc1)OC(C)C2. The van der Waals surface area contributed by atoms with Crippen molar-refractivity contribution in [2.45, 2.75) is 33.0 Å². The Morgan fingerprint density at radius 3 is 2.88 bits per heavy atom. The molecule has 1 N–H and O–H groups in total. The Kier molecular flexibility index (Phi) is 5.92. The minimum atomic E-state index is -0.335. The molecule has 0 saturated heterocycles. The molecule has 1 aliphatic rings. The number of hydrogen-bond donors (Lipinski definition) is 1. The van der Waals surface area contributed by atoms with Crippen LogP contribution < -0.4 is 15.0 Å². The third kappa shape index (κ3) is 4.64. The number of carbonyl (C=O) groups excluding carboxylic acids is 1.